The van der Waals surface area contributed by atoms with Crippen molar-refractivity contribution in [2.24, 2.45) is 5.92 Å². The number of hydrazine groups is 1. The Kier molecular flexibility index (Phi) is 9.27. The van der Waals surface area contributed by atoms with E-state index >= 15 is 0 Å². The third kappa shape index (κ3) is 6.52. The summed E-state index contributed by atoms with van der Waals surface area (Å²) in [7, 11) is 3.43. The van der Waals surface area contributed by atoms with Gasteiger partial charge >= 0.3 is 5.97 Å². The zero-order valence-electron chi connectivity index (χ0n) is 17.9. The summed E-state index contributed by atoms with van der Waals surface area (Å²) in [6.45, 7) is 3.46. The Bertz CT molecular complexity index is 818. The number of thioether (sulfide) groups is 2. The molecule has 0 saturated carbocycles. The Labute approximate surface area is 187 Å². The van der Waals surface area contributed by atoms with E-state index in [1.54, 1.807) is 37.8 Å². The van der Waals surface area contributed by atoms with E-state index in [-0.39, 0.29) is 11.8 Å². The highest BCUT2D eigenvalue weighted by molar-refractivity contribution is 8.00. The summed E-state index contributed by atoms with van der Waals surface area (Å²) in [5.41, 5.74) is 2.23. The van der Waals surface area contributed by atoms with Crippen molar-refractivity contribution in [3.05, 3.63) is 71.8 Å². The summed E-state index contributed by atoms with van der Waals surface area (Å²) < 4.78 is 0. The molecule has 0 spiro atoms. The number of amides is 1. The van der Waals surface area contributed by atoms with E-state index in [9.17, 15) is 14.7 Å². The second kappa shape index (κ2) is 11.4. The maximum absolute atomic E-state index is 13.3. The lowest BCUT2D eigenvalue weighted by Crippen LogP contribution is -2.60. The Balaban J connectivity index is 2.08. The van der Waals surface area contributed by atoms with Gasteiger partial charge < -0.3 is 5.11 Å². The van der Waals surface area contributed by atoms with Gasteiger partial charge in [0.1, 0.15) is 0 Å². The minimum absolute atomic E-state index is 0.189. The van der Waals surface area contributed by atoms with Crippen LogP contribution in [0.25, 0.3) is 0 Å². The zero-order chi connectivity index (χ0) is 22.1. The Morgan fingerprint density at radius 2 is 1.47 bits per heavy atom. The zero-order valence-corrected chi connectivity index (χ0v) is 19.6. The van der Waals surface area contributed by atoms with E-state index in [1.165, 1.54) is 22.3 Å². The SMILES string of the molecule is C[C@H](CSCc1ccccc1)C(=O)N(N(C)C)C(C)(SCc1ccccc1)C(=O)O. The lowest BCUT2D eigenvalue weighted by molar-refractivity contribution is -0.168. The molecule has 1 N–H and O–H groups in total. The van der Waals surface area contributed by atoms with Gasteiger partial charge in [-0.2, -0.15) is 11.8 Å². The fraction of sp³-hybridized carbons (Fsp3) is 0.391. The quantitative estimate of drug-likeness (QED) is 0.402. The number of benzene rings is 2. The molecule has 0 heterocycles. The minimum atomic E-state index is -1.41. The van der Waals surface area contributed by atoms with Crippen molar-refractivity contribution in [1.29, 1.82) is 0 Å². The van der Waals surface area contributed by atoms with Gasteiger partial charge in [-0.15, -0.1) is 11.8 Å². The van der Waals surface area contributed by atoms with Gasteiger partial charge in [-0.25, -0.2) is 14.8 Å². The van der Waals surface area contributed by atoms with Gasteiger partial charge in [0.15, 0.2) is 4.87 Å². The number of carboxylic acid groups (broad SMARTS) is 1. The number of rotatable bonds is 11. The van der Waals surface area contributed by atoms with Crippen molar-refractivity contribution in [3.63, 3.8) is 0 Å². The molecule has 2 aromatic carbocycles. The number of carbonyl (C=O) groups excluding carboxylic acids is 1. The molecule has 0 aromatic heterocycles. The molecule has 7 heteroatoms. The van der Waals surface area contributed by atoms with Crippen LogP contribution in [-0.4, -0.2) is 51.7 Å². The van der Waals surface area contributed by atoms with Gasteiger partial charge in [0, 0.05) is 37.3 Å². The molecule has 162 valence electrons. The minimum Gasteiger partial charge on any atom is -0.479 e. The summed E-state index contributed by atoms with van der Waals surface area (Å²) in [5, 5.41) is 13.0. The molecule has 0 bridgehead atoms. The molecule has 0 saturated heterocycles. The van der Waals surface area contributed by atoms with Crippen LogP contribution in [-0.2, 0) is 21.1 Å². The number of hydrogen-bond acceptors (Lipinski definition) is 5. The van der Waals surface area contributed by atoms with Crippen molar-refractivity contribution in [3.8, 4) is 0 Å². The van der Waals surface area contributed by atoms with Gasteiger partial charge in [-0.1, -0.05) is 67.6 Å². The van der Waals surface area contributed by atoms with Crippen LogP contribution in [0, 0.1) is 5.92 Å². The van der Waals surface area contributed by atoms with E-state index in [4.69, 9.17) is 0 Å². The summed E-state index contributed by atoms with van der Waals surface area (Å²) in [6, 6.07) is 19.8. The van der Waals surface area contributed by atoms with Crippen molar-refractivity contribution >= 4 is 35.4 Å². The van der Waals surface area contributed by atoms with Crippen LogP contribution < -0.4 is 0 Å². The first-order valence-electron chi connectivity index (χ1n) is 9.80. The Hall–Kier alpha value is -1.96. The first kappa shape index (κ1) is 24.3. The van der Waals surface area contributed by atoms with E-state index in [0.29, 0.717) is 11.5 Å². The van der Waals surface area contributed by atoms with Crippen molar-refractivity contribution < 1.29 is 14.7 Å². The summed E-state index contributed by atoms with van der Waals surface area (Å²) >= 11 is 2.93. The molecule has 0 aliphatic carbocycles. The first-order chi connectivity index (χ1) is 14.3. The number of carbonyl (C=O) groups is 2. The second-order valence-corrected chi connectivity index (χ2v) is 9.86. The van der Waals surface area contributed by atoms with Gasteiger partial charge in [0.05, 0.1) is 0 Å². The van der Waals surface area contributed by atoms with Gasteiger partial charge in [-0.05, 0) is 18.1 Å². The monoisotopic (exact) mass is 446 g/mol. The summed E-state index contributed by atoms with van der Waals surface area (Å²) in [5.74, 6) is 0.410. The molecule has 5 nitrogen and oxygen atoms in total. The number of carboxylic acids is 1. The van der Waals surface area contributed by atoms with E-state index in [2.05, 4.69) is 12.1 Å². The largest absolute Gasteiger partial charge is 0.479 e. The molecule has 2 atom stereocenters. The second-order valence-electron chi connectivity index (χ2n) is 7.46. The molecule has 1 amide bonds. The lowest BCUT2D eigenvalue weighted by Gasteiger charge is -2.42. The smallest absolute Gasteiger partial charge is 0.341 e. The van der Waals surface area contributed by atoms with Gasteiger partial charge in [0.2, 0.25) is 5.91 Å². The third-order valence-electron chi connectivity index (χ3n) is 4.67. The van der Waals surface area contributed by atoms with E-state index in [1.807, 2.05) is 55.5 Å². The highest BCUT2D eigenvalue weighted by Gasteiger charge is 2.45. The van der Waals surface area contributed by atoms with Crippen LogP contribution in [0.5, 0.6) is 0 Å². The van der Waals surface area contributed by atoms with Crippen LogP contribution in [0.15, 0.2) is 60.7 Å². The third-order valence-corrected chi connectivity index (χ3v) is 7.33. The predicted octanol–water partition coefficient (Wildman–Crippen LogP) is 4.60. The van der Waals surface area contributed by atoms with Gasteiger partial charge in [0.25, 0.3) is 0 Å². The summed E-state index contributed by atoms with van der Waals surface area (Å²) in [6.07, 6.45) is 0. The molecule has 0 fully saturated rings. The number of hydrogen-bond donors (Lipinski definition) is 1. The van der Waals surface area contributed by atoms with Crippen molar-refractivity contribution in [2.45, 2.75) is 30.2 Å². The molecular formula is C23H30N2O3S2. The fourth-order valence-corrected chi connectivity index (χ4v) is 5.19. The van der Waals surface area contributed by atoms with Crippen molar-refractivity contribution in [2.75, 3.05) is 19.8 Å². The standard InChI is InChI=1S/C23H30N2O3S2/c1-18(15-29-16-19-11-7-5-8-12-19)21(26)25(24(3)4)23(2,22(27)28)30-17-20-13-9-6-10-14-20/h5-14,18H,15-17H2,1-4H3,(H,27,28)/t18-,23?/m1/s1. The fourth-order valence-electron chi connectivity index (χ4n) is 3.01. The molecule has 0 radical (unpaired) electrons. The molecule has 0 aliphatic rings. The van der Waals surface area contributed by atoms with Crippen LogP contribution in [0.2, 0.25) is 0 Å². The average molecular weight is 447 g/mol. The van der Waals surface area contributed by atoms with Gasteiger partial charge in [-0.3, -0.25) is 4.79 Å². The molecule has 1 unspecified atom stereocenters. The Morgan fingerprint density at radius 1 is 0.967 bits per heavy atom. The molecule has 2 aromatic rings. The summed E-state index contributed by atoms with van der Waals surface area (Å²) in [4.78, 5) is 24.1. The normalized spacial score (nSPS) is 14.2. The first-order valence-corrected chi connectivity index (χ1v) is 11.9. The average Bonchev–Trinajstić information content (AvgIpc) is 2.73. The van der Waals surface area contributed by atoms with E-state index < -0.39 is 10.8 Å². The number of nitrogens with zero attached hydrogens (tertiary/aromatic N) is 2. The molecule has 2 rings (SSSR count). The van der Waals surface area contributed by atoms with E-state index in [0.717, 1.165) is 11.3 Å². The van der Waals surface area contributed by atoms with Crippen LogP contribution in [0.1, 0.15) is 25.0 Å². The predicted molar refractivity (Wildman–Crippen MR) is 126 cm³/mol. The molecule has 0 aliphatic heterocycles. The Morgan fingerprint density at radius 3 is 1.93 bits per heavy atom. The maximum Gasteiger partial charge on any atom is 0.341 e. The lowest BCUT2D eigenvalue weighted by atomic mass is 10.1. The van der Waals surface area contributed by atoms with Crippen LogP contribution in [0.3, 0.4) is 0 Å². The van der Waals surface area contributed by atoms with Crippen LogP contribution >= 0.6 is 23.5 Å². The maximum atomic E-state index is 13.3. The van der Waals surface area contributed by atoms with Crippen molar-refractivity contribution in [1.82, 2.24) is 10.0 Å². The highest BCUT2D eigenvalue weighted by atomic mass is 32.2. The van der Waals surface area contributed by atoms with Crippen LogP contribution in [0.4, 0.5) is 0 Å². The molecular weight excluding hydrogens is 416 g/mol. The number of aliphatic carboxylic acids is 1. The highest BCUT2D eigenvalue weighted by Crippen LogP contribution is 2.34. The topological polar surface area (TPSA) is 60.9 Å². The molecule has 30 heavy (non-hydrogen) atoms.